The van der Waals surface area contributed by atoms with E-state index in [1.165, 1.54) is 0 Å². The summed E-state index contributed by atoms with van der Waals surface area (Å²) in [6.45, 7) is 1.39. The topological polar surface area (TPSA) is 66.8 Å². The van der Waals surface area contributed by atoms with Gasteiger partial charge in [-0.2, -0.15) is 0 Å². The van der Waals surface area contributed by atoms with Crippen molar-refractivity contribution >= 4 is 11.9 Å². The number of nitrogens with zero attached hydrogens (tertiary/aromatic N) is 1. The summed E-state index contributed by atoms with van der Waals surface area (Å²) in [5.41, 5.74) is -0.291. The van der Waals surface area contributed by atoms with Crippen LogP contribution in [0.5, 0.6) is 0 Å². The number of carboxylic acid groups (broad SMARTS) is 1. The summed E-state index contributed by atoms with van der Waals surface area (Å²) in [4.78, 5) is 25.5. The molecule has 2 aliphatic heterocycles. The van der Waals surface area contributed by atoms with Crippen molar-refractivity contribution in [1.82, 2.24) is 4.90 Å². The van der Waals surface area contributed by atoms with E-state index < -0.39 is 5.97 Å². The van der Waals surface area contributed by atoms with Gasteiger partial charge in [0.1, 0.15) is 0 Å². The summed E-state index contributed by atoms with van der Waals surface area (Å²) in [5, 5.41) is 9.11. The van der Waals surface area contributed by atoms with E-state index in [1.807, 2.05) is 4.90 Å². The number of fused-ring (bicyclic) bond motifs is 2. The molecule has 3 rings (SSSR count). The summed E-state index contributed by atoms with van der Waals surface area (Å²) in [7, 11) is 0. The molecule has 2 saturated heterocycles. The zero-order valence-corrected chi connectivity index (χ0v) is 11.8. The van der Waals surface area contributed by atoms with Gasteiger partial charge in [0, 0.05) is 19.5 Å². The fourth-order valence-electron chi connectivity index (χ4n) is 4.11. The number of amides is 1. The van der Waals surface area contributed by atoms with Crippen LogP contribution in [0.4, 0.5) is 0 Å². The van der Waals surface area contributed by atoms with Crippen molar-refractivity contribution in [3.63, 3.8) is 0 Å². The van der Waals surface area contributed by atoms with Gasteiger partial charge in [0.2, 0.25) is 5.91 Å². The van der Waals surface area contributed by atoms with Gasteiger partial charge < -0.3 is 14.7 Å². The SMILES string of the molecule is O=C(O)CC1(CC(=O)N2CC3CCC(C2)O3)CCCC1. The first-order chi connectivity index (χ1) is 9.56. The number of rotatable bonds is 4. The van der Waals surface area contributed by atoms with Crippen LogP contribution in [-0.4, -0.2) is 47.2 Å². The minimum absolute atomic E-state index is 0.133. The normalized spacial score (nSPS) is 31.5. The highest BCUT2D eigenvalue weighted by molar-refractivity contribution is 5.78. The Morgan fingerprint density at radius 3 is 2.25 bits per heavy atom. The molecular weight excluding hydrogens is 258 g/mol. The summed E-state index contributed by atoms with van der Waals surface area (Å²) < 4.78 is 5.75. The Labute approximate surface area is 119 Å². The second-order valence-corrected chi connectivity index (χ2v) is 6.71. The second kappa shape index (κ2) is 5.35. The third-order valence-corrected chi connectivity index (χ3v) is 5.11. The lowest BCUT2D eigenvalue weighted by Gasteiger charge is -2.35. The molecule has 20 heavy (non-hydrogen) atoms. The molecule has 2 unspecified atom stereocenters. The van der Waals surface area contributed by atoms with Gasteiger partial charge in [-0.1, -0.05) is 12.8 Å². The zero-order valence-electron chi connectivity index (χ0n) is 11.8. The number of ether oxygens (including phenoxy) is 1. The maximum atomic E-state index is 12.5. The molecule has 1 aliphatic carbocycles. The lowest BCUT2D eigenvalue weighted by atomic mass is 9.79. The highest BCUT2D eigenvalue weighted by Gasteiger charge is 2.41. The molecule has 5 nitrogen and oxygen atoms in total. The first kappa shape index (κ1) is 13.9. The fourth-order valence-corrected chi connectivity index (χ4v) is 4.11. The lowest BCUT2D eigenvalue weighted by molar-refractivity contribution is -0.145. The lowest BCUT2D eigenvalue weighted by Crippen LogP contribution is -2.47. The molecule has 0 aromatic carbocycles. The predicted octanol–water partition coefficient (Wildman–Crippen LogP) is 1.80. The number of carbonyl (C=O) groups excluding carboxylic acids is 1. The molecule has 5 heteroatoms. The monoisotopic (exact) mass is 281 g/mol. The van der Waals surface area contributed by atoms with Crippen molar-refractivity contribution in [2.45, 2.75) is 63.6 Å². The van der Waals surface area contributed by atoms with Crippen molar-refractivity contribution in [3.05, 3.63) is 0 Å². The van der Waals surface area contributed by atoms with Crippen molar-refractivity contribution in [2.75, 3.05) is 13.1 Å². The molecule has 1 saturated carbocycles. The molecule has 112 valence electrons. The molecule has 0 aromatic heterocycles. The first-order valence-electron chi connectivity index (χ1n) is 7.71. The van der Waals surface area contributed by atoms with Gasteiger partial charge in [0.15, 0.2) is 0 Å². The Balaban J connectivity index is 1.63. The number of aliphatic carboxylic acids is 1. The van der Waals surface area contributed by atoms with Gasteiger partial charge in [-0.15, -0.1) is 0 Å². The first-order valence-corrected chi connectivity index (χ1v) is 7.71. The van der Waals surface area contributed by atoms with E-state index in [0.717, 1.165) is 38.5 Å². The van der Waals surface area contributed by atoms with Crippen LogP contribution in [-0.2, 0) is 14.3 Å². The number of morpholine rings is 1. The summed E-state index contributed by atoms with van der Waals surface area (Å²) in [5.74, 6) is -0.643. The van der Waals surface area contributed by atoms with Crippen LogP contribution in [0.1, 0.15) is 51.4 Å². The van der Waals surface area contributed by atoms with E-state index >= 15 is 0 Å². The predicted molar refractivity (Wildman–Crippen MR) is 72.2 cm³/mol. The minimum Gasteiger partial charge on any atom is -0.481 e. The number of carbonyl (C=O) groups is 2. The average molecular weight is 281 g/mol. The van der Waals surface area contributed by atoms with Gasteiger partial charge in [0.25, 0.3) is 0 Å². The number of hydrogen-bond acceptors (Lipinski definition) is 3. The van der Waals surface area contributed by atoms with Crippen molar-refractivity contribution in [2.24, 2.45) is 5.41 Å². The van der Waals surface area contributed by atoms with E-state index in [-0.39, 0.29) is 30.0 Å². The van der Waals surface area contributed by atoms with Crippen LogP contribution in [0.3, 0.4) is 0 Å². The molecule has 0 radical (unpaired) electrons. The summed E-state index contributed by atoms with van der Waals surface area (Å²) in [6, 6.07) is 0. The van der Waals surface area contributed by atoms with Crippen LogP contribution < -0.4 is 0 Å². The highest BCUT2D eigenvalue weighted by atomic mass is 16.5. The Kier molecular flexibility index (Phi) is 3.71. The van der Waals surface area contributed by atoms with E-state index in [1.54, 1.807) is 0 Å². The van der Waals surface area contributed by atoms with Crippen LogP contribution >= 0.6 is 0 Å². The number of carboxylic acids is 1. The molecule has 3 fully saturated rings. The average Bonchev–Trinajstić information content (AvgIpc) is 2.96. The van der Waals surface area contributed by atoms with Crippen molar-refractivity contribution in [3.8, 4) is 0 Å². The summed E-state index contributed by atoms with van der Waals surface area (Å²) >= 11 is 0. The second-order valence-electron chi connectivity index (χ2n) is 6.71. The molecule has 0 aromatic rings. The molecule has 1 N–H and O–H groups in total. The third kappa shape index (κ3) is 2.82. The Bertz CT molecular complexity index is 391. The maximum absolute atomic E-state index is 12.5. The smallest absolute Gasteiger partial charge is 0.303 e. The van der Waals surface area contributed by atoms with Crippen LogP contribution in [0.15, 0.2) is 0 Å². The van der Waals surface area contributed by atoms with Gasteiger partial charge in [-0.05, 0) is 31.1 Å². The fraction of sp³-hybridized carbons (Fsp3) is 0.867. The van der Waals surface area contributed by atoms with Crippen LogP contribution in [0.25, 0.3) is 0 Å². The van der Waals surface area contributed by atoms with Gasteiger partial charge in [0.05, 0.1) is 18.6 Å². The highest BCUT2D eigenvalue weighted by Crippen LogP contribution is 2.44. The Morgan fingerprint density at radius 2 is 1.70 bits per heavy atom. The van der Waals surface area contributed by atoms with E-state index in [9.17, 15) is 9.59 Å². The van der Waals surface area contributed by atoms with E-state index in [2.05, 4.69) is 0 Å². The van der Waals surface area contributed by atoms with E-state index in [0.29, 0.717) is 19.5 Å². The molecule has 3 aliphatic rings. The standard InChI is InChI=1S/C15H23NO4/c17-13(16-9-11-3-4-12(10-16)20-11)7-15(8-14(18)19)5-1-2-6-15/h11-12H,1-10H2,(H,18,19). The maximum Gasteiger partial charge on any atom is 0.303 e. The van der Waals surface area contributed by atoms with Gasteiger partial charge >= 0.3 is 5.97 Å². The van der Waals surface area contributed by atoms with Crippen LogP contribution in [0.2, 0.25) is 0 Å². The number of likely N-dealkylation sites (tertiary alicyclic amines) is 1. The van der Waals surface area contributed by atoms with Gasteiger partial charge in [-0.3, -0.25) is 9.59 Å². The zero-order chi connectivity index (χ0) is 14.2. The summed E-state index contributed by atoms with van der Waals surface area (Å²) in [6.07, 6.45) is 6.90. The van der Waals surface area contributed by atoms with Crippen molar-refractivity contribution in [1.29, 1.82) is 0 Å². The molecule has 2 heterocycles. The molecule has 0 spiro atoms. The minimum atomic E-state index is -0.776. The van der Waals surface area contributed by atoms with Crippen LogP contribution in [0, 0.1) is 5.41 Å². The van der Waals surface area contributed by atoms with E-state index in [4.69, 9.17) is 9.84 Å². The Hall–Kier alpha value is -1.10. The van der Waals surface area contributed by atoms with Crippen molar-refractivity contribution < 1.29 is 19.4 Å². The Morgan fingerprint density at radius 1 is 1.10 bits per heavy atom. The molecule has 2 atom stereocenters. The third-order valence-electron chi connectivity index (χ3n) is 5.11. The molecular formula is C15H23NO4. The van der Waals surface area contributed by atoms with Gasteiger partial charge in [-0.25, -0.2) is 0 Å². The number of hydrogen-bond donors (Lipinski definition) is 1. The molecule has 2 bridgehead atoms. The largest absolute Gasteiger partial charge is 0.481 e. The quantitative estimate of drug-likeness (QED) is 0.853. The molecule has 1 amide bonds.